The monoisotopic (exact) mass is 394 g/mol. The quantitative estimate of drug-likeness (QED) is 0.440. The summed E-state index contributed by atoms with van der Waals surface area (Å²) in [6, 6.07) is 19.4. The van der Waals surface area contributed by atoms with Gasteiger partial charge in [-0.15, -0.1) is 11.3 Å². The first-order chi connectivity index (χ1) is 13.9. The third kappa shape index (κ3) is 5.49. The largest absolute Gasteiger partial charge is 0.494 e. The normalized spacial score (nSPS) is 15.0. The number of anilines is 1. The molecule has 0 saturated carbocycles. The predicted octanol–water partition coefficient (Wildman–Crippen LogP) is 6.16. The van der Waals surface area contributed by atoms with Crippen LogP contribution in [-0.4, -0.2) is 31.1 Å². The van der Waals surface area contributed by atoms with Crippen LogP contribution in [0.5, 0.6) is 5.75 Å². The molecule has 1 aliphatic rings. The highest BCUT2D eigenvalue weighted by Gasteiger charge is 2.10. The SMILES string of the molecule is c1cc(CN2CCCCC2)cc(OCCCCNc2cc3ccccc3s2)c1. The van der Waals surface area contributed by atoms with Crippen LogP contribution < -0.4 is 10.1 Å². The second-order valence-corrected chi connectivity index (χ2v) is 8.70. The van der Waals surface area contributed by atoms with E-state index in [0.29, 0.717) is 0 Å². The van der Waals surface area contributed by atoms with E-state index in [1.54, 1.807) is 0 Å². The second kappa shape index (κ2) is 9.94. The molecule has 4 rings (SSSR count). The van der Waals surface area contributed by atoms with Crippen LogP contribution in [0.4, 0.5) is 5.00 Å². The van der Waals surface area contributed by atoms with Crippen molar-refractivity contribution in [2.24, 2.45) is 0 Å². The molecule has 0 spiro atoms. The van der Waals surface area contributed by atoms with Crippen molar-refractivity contribution in [3.8, 4) is 5.75 Å². The van der Waals surface area contributed by atoms with Gasteiger partial charge in [0.2, 0.25) is 0 Å². The molecule has 0 bridgehead atoms. The van der Waals surface area contributed by atoms with Crippen LogP contribution >= 0.6 is 11.3 Å². The lowest BCUT2D eigenvalue weighted by Gasteiger charge is -2.26. The van der Waals surface area contributed by atoms with Gasteiger partial charge in [-0.2, -0.15) is 0 Å². The number of benzene rings is 2. The predicted molar refractivity (Wildman–Crippen MR) is 121 cm³/mol. The maximum Gasteiger partial charge on any atom is 0.119 e. The van der Waals surface area contributed by atoms with Gasteiger partial charge in [0.15, 0.2) is 0 Å². The Balaban J connectivity index is 1.15. The van der Waals surface area contributed by atoms with E-state index in [4.69, 9.17) is 4.74 Å². The number of hydrogen-bond acceptors (Lipinski definition) is 4. The molecule has 3 nitrogen and oxygen atoms in total. The Labute approximate surface area is 172 Å². The lowest BCUT2D eigenvalue weighted by molar-refractivity contribution is 0.220. The Hall–Kier alpha value is -2.04. The smallest absolute Gasteiger partial charge is 0.119 e. The molecular formula is C24H30N2OS. The molecule has 0 atom stereocenters. The maximum atomic E-state index is 5.99. The molecule has 1 fully saturated rings. The van der Waals surface area contributed by atoms with Gasteiger partial charge < -0.3 is 10.1 Å². The summed E-state index contributed by atoms with van der Waals surface area (Å²) >= 11 is 1.83. The van der Waals surface area contributed by atoms with Crippen LogP contribution in [0.25, 0.3) is 10.1 Å². The van der Waals surface area contributed by atoms with Crippen molar-refractivity contribution in [3.05, 3.63) is 60.2 Å². The zero-order valence-corrected chi connectivity index (χ0v) is 17.3. The molecule has 2 aromatic carbocycles. The number of nitrogens with zero attached hydrogens (tertiary/aromatic N) is 1. The van der Waals surface area contributed by atoms with Crippen molar-refractivity contribution < 1.29 is 4.74 Å². The highest BCUT2D eigenvalue weighted by molar-refractivity contribution is 7.22. The first-order valence-corrected chi connectivity index (χ1v) is 11.3. The van der Waals surface area contributed by atoms with Gasteiger partial charge in [-0.3, -0.25) is 4.90 Å². The first-order valence-electron chi connectivity index (χ1n) is 10.5. The lowest BCUT2D eigenvalue weighted by Crippen LogP contribution is -2.29. The Morgan fingerprint density at radius 3 is 2.71 bits per heavy atom. The number of piperidine rings is 1. The summed E-state index contributed by atoms with van der Waals surface area (Å²) in [5, 5.41) is 6.12. The molecule has 3 aromatic rings. The van der Waals surface area contributed by atoms with Crippen LogP contribution in [0, 0.1) is 0 Å². The van der Waals surface area contributed by atoms with E-state index in [2.05, 4.69) is 64.8 Å². The van der Waals surface area contributed by atoms with Gasteiger partial charge in [0, 0.05) is 17.8 Å². The van der Waals surface area contributed by atoms with E-state index in [9.17, 15) is 0 Å². The van der Waals surface area contributed by atoms with Crippen LogP contribution in [0.2, 0.25) is 0 Å². The summed E-state index contributed by atoms with van der Waals surface area (Å²) in [5.74, 6) is 1.01. The van der Waals surface area contributed by atoms with Gasteiger partial charge in [0.1, 0.15) is 5.75 Å². The van der Waals surface area contributed by atoms with Crippen LogP contribution in [0.3, 0.4) is 0 Å². The molecule has 0 unspecified atom stereocenters. The Morgan fingerprint density at radius 1 is 0.929 bits per heavy atom. The zero-order chi connectivity index (χ0) is 19.0. The fraction of sp³-hybridized carbons (Fsp3) is 0.417. The maximum absolute atomic E-state index is 5.99. The van der Waals surface area contributed by atoms with Crippen molar-refractivity contribution in [1.29, 1.82) is 0 Å². The number of fused-ring (bicyclic) bond motifs is 1. The Kier molecular flexibility index (Phi) is 6.85. The van der Waals surface area contributed by atoms with Crippen molar-refractivity contribution >= 4 is 26.4 Å². The molecule has 1 saturated heterocycles. The van der Waals surface area contributed by atoms with Crippen molar-refractivity contribution in [3.63, 3.8) is 0 Å². The lowest BCUT2D eigenvalue weighted by atomic mass is 10.1. The van der Waals surface area contributed by atoms with E-state index >= 15 is 0 Å². The minimum absolute atomic E-state index is 0.779. The molecule has 1 aliphatic heterocycles. The number of nitrogens with one attached hydrogen (secondary N) is 1. The minimum Gasteiger partial charge on any atom is -0.494 e. The van der Waals surface area contributed by atoms with E-state index in [1.165, 1.54) is 53.0 Å². The van der Waals surface area contributed by atoms with Crippen LogP contribution in [0.1, 0.15) is 37.7 Å². The molecule has 0 aliphatic carbocycles. The molecule has 0 radical (unpaired) electrons. The fourth-order valence-electron chi connectivity index (χ4n) is 3.81. The van der Waals surface area contributed by atoms with Gasteiger partial charge in [0.25, 0.3) is 0 Å². The van der Waals surface area contributed by atoms with Gasteiger partial charge in [-0.25, -0.2) is 0 Å². The van der Waals surface area contributed by atoms with E-state index < -0.39 is 0 Å². The number of likely N-dealkylation sites (tertiary alicyclic amines) is 1. The summed E-state index contributed by atoms with van der Waals surface area (Å²) in [6.45, 7) is 5.29. The number of ether oxygens (including phenoxy) is 1. The molecule has 4 heteroatoms. The van der Waals surface area contributed by atoms with Crippen molar-refractivity contribution in [2.75, 3.05) is 31.6 Å². The number of unbranched alkanes of at least 4 members (excludes halogenated alkanes) is 1. The second-order valence-electron chi connectivity index (χ2n) is 7.62. The molecule has 1 N–H and O–H groups in total. The molecule has 0 amide bonds. The summed E-state index contributed by atoms with van der Waals surface area (Å²) in [7, 11) is 0. The van der Waals surface area contributed by atoms with Gasteiger partial charge in [-0.1, -0.05) is 36.8 Å². The highest BCUT2D eigenvalue weighted by Crippen LogP contribution is 2.29. The van der Waals surface area contributed by atoms with E-state index in [0.717, 1.165) is 38.3 Å². The summed E-state index contributed by atoms with van der Waals surface area (Å²) in [5.41, 5.74) is 1.37. The van der Waals surface area contributed by atoms with E-state index in [-0.39, 0.29) is 0 Å². The van der Waals surface area contributed by atoms with Gasteiger partial charge in [-0.05, 0) is 74.0 Å². The topological polar surface area (TPSA) is 24.5 Å². The van der Waals surface area contributed by atoms with E-state index in [1.807, 2.05) is 11.3 Å². The van der Waals surface area contributed by atoms with Crippen molar-refractivity contribution in [1.82, 2.24) is 4.90 Å². The molecule has 1 aromatic heterocycles. The third-order valence-electron chi connectivity index (χ3n) is 5.32. The number of rotatable bonds is 9. The third-order valence-corrected chi connectivity index (χ3v) is 6.39. The summed E-state index contributed by atoms with van der Waals surface area (Å²) < 4.78 is 7.34. The van der Waals surface area contributed by atoms with Gasteiger partial charge >= 0.3 is 0 Å². The molecule has 2 heterocycles. The Morgan fingerprint density at radius 2 is 1.82 bits per heavy atom. The average molecular weight is 395 g/mol. The number of hydrogen-bond donors (Lipinski definition) is 1. The number of thiophene rings is 1. The summed E-state index contributed by atoms with van der Waals surface area (Å²) in [4.78, 5) is 2.56. The van der Waals surface area contributed by atoms with Crippen LogP contribution in [-0.2, 0) is 6.54 Å². The molecule has 28 heavy (non-hydrogen) atoms. The highest BCUT2D eigenvalue weighted by atomic mass is 32.1. The average Bonchev–Trinajstić information content (AvgIpc) is 3.14. The van der Waals surface area contributed by atoms with Crippen molar-refractivity contribution in [2.45, 2.75) is 38.6 Å². The molecular weight excluding hydrogens is 364 g/mol. The summed E-state index contributed by atoms with van der Waals surface area (Å²) in [6.07, 6.45) is 6.24. The zero-order valence-electron chi connectivity index (χ0n) is 16.5. The molecule has 148 valence electrons. The fourth-order valence-corrected chi connectivity index (χ4v) is 4.80. The minimum atomic E-state index is 0.779. The first kappa shape index (κ1) is 19.3. The Bertz CT molecular complexity index is 837. The van der Waals surface area contributed by atoms with Gasteiger partial charge in [0.05, 0.1) is 11.6 Å². The van der Waals surface area contributed by atoms with Crippen LogP contribution in [0.15, 0.2) is 54.6 Å². The standard InChI is InChI=1S/C24H30N2OS/c1-5-14-26(15-6-1)19-20-9-8-11-22(17-20)27-16-7-4-13-25-24-18-21-10-2-3-12-23(21)28-24/h2-3,8-12,17-18,25H,1,4-7,13-16,19H2.